The first kappa shape index (κ1) is 20.2. The van der Waals surface area contributed by atoms with E-state index in [4.69, 9.17) is 4.74 Å². The predicted molar refractivity (Wildman–Crippen MR) is 106 cm³/mol. The summed E-state index contributed by atoms with van der Waals surface area (Å²) in [5, 5.41) is 2.64. The van der Waals surface area contributed by atoms with E-state index in [0.29, 0.717) is 16.0 Å². The van der Waals surface area contributed by atoms with E-state index in [1.54, 1.807) is 0 Å². The van der Waals surface area contributed by atoms with E-state index in [2.05, 4.69) is 10.3 Å². The molecule has 0 aliphatic rings. The Kier molecular flexibility index (Phi) is 5.41. The van der Waals surface area contributed by atoms with Crippen molar-refractivity contribution in [3.8, 4) is 5.75 Å². The van der Waals surface area contributed by atoms with Crippen LogP contribution in [0.1, 0.15) is 0 Å². The molecule has 0 atom stereocenters. The number of hydrogen-bond acceptors (Lipinski definition) is 8. The third-order valence-electron chi connectivity index (χ3n) is 3.77. The first-order valence-electron chi connectivity index (χ1n) is 7.86. The number of carbonyl (C=O) groups excluding carboxylic acids is 1. The van der Waals surface area contributed by atoms with Gasteiger partial charge in [0.2, 0.25) is 5.91 Å². The molecule has 1 heterocycles. The first-order chi connectivity index (χ1) is 13.1. The first-order valence-corrected chi connectivity index (χ1v) is 12.2. The highest BCUT2D eigenvalue weighted by molar-refractivity contribution is 7.92. The molecule has 1 amide bonds. The van der Waals surface area contributed by atoms with Gasteiger partial charge in [-0.2, -0.15) is 0 Å². The maximum atomic E-state index is 12.4. The van der Waals surface area contributed by atoms with Crippen LogP contribution in [0.25, 0.3) is 10.2 Å². The molecule has 8 nitrogen and oxygen atoms in total. The summed E-state index contributed by atoms with van der Waals surface area (Å²) in [6, 6.07) is 10.2. The molecule has 3 rings (SSSR count). The summed E-state index contributed by atoms with van der Waals surface area (Å²) in [5.74, 6) is -0.978. The Bertz CT molecular complexity index is 1250. The number of anilines is 1. The van der Waals surface area contributed by atoms with Gasteiger partial charge in [-0.25, -0.2) is 21.8 Å². The van der Waals surface area contributed by atoms with Crippen LogP contribution in [0.3, 0.4) is 0 Å². The van der Waals surface area contributed by atoms with Gasteiger partial charge in [0.1, 0.15) is 11.5 Å². The third-order valence-corrected chi connectivity index (χ3v) is 7.45. The average Bonchev–Trinajstić information content (AvgIpc) is 3.01. The smallest absolute Gasteiger partial charge is 0.241 e. The van der Waals surface area contributed by atoms with Crippen molar-refractivity contribution < 1.29 is 26.4 Å². The second kappa shape index (κ2) is 7.49. The molecule has 148 valence electrons. The molecule has 0 aliphatic carbocycles. The molecule has 11 heteroatoms. The minimum Gasteiger partial charge on any atom is -0.497 e. The molecule has 0 radical (unpaired) electrons. The summed E-state index contributed by atoms with van der Waals surface area (Å²) in [5.41, 5.74) is 0.505. The van der Waals surface area contributed by atoms with Crippen molar-refractivity contribution in [1.82, 2.24) is 4.98 Å². The topological polar surface area (TPSA) is 120 Å². The number of ether oxygens (including phenoxy) is 1. The number of amides is 1. The number of thiazole rings is 1. The van der Waals surface area contributed by atoms with Crippen LogP contribution >= 0.6 is 11.3 Å². The molecule has 0 saturated heterocycles. The summed E-state index contributed by atoms with van der Waals surface area (Å²) >= 11 is 1.06. The number of rotatable bonds is 6. The summed E-state index contributed by atoms with van der Waals surface area (Å²) in [7, 11) is -5.73. The van der Waals surface area contributed by atoms with Gasteiger partial charge >= 0.3 is 0 Å². The van der Waals surface area contributed by atoms with E-state index < -0.39 is 31.3 Å². The van der Waals surface area contributed by atoms with Gasteiger partial charge in [0.25, 0.3) is 0 Å². The largest absolute Gasteiger partial charge is 0.497 e. The Morgan fingerprint density at radius 2 is 1.71 bits per heavy atom. The highest BCUT2D eigenvalue weighted by atomic mass is 32.2. The van der Waals surface area contributed by atoms with E-state index in [9.17, 15) is 21.6 Å². The second-order valence-corrected chi connectivity index (χ2v) is 10.9. The predicted octanol–water partition coefficient (Wildman–Crippen LogP) is 2.12. The number of hydrogen-bond donors (Lipinski definition) is 1. The Morgan fingerprint density at radius 3 is 2.32 bits per heavy atom. The SMILES string of the molecule is COc1ccc(S(=O)(=O)CC(=O)Nc2nc3ccc(S(C)(=O)=O)cc3s2)cc1. The quantitative estimate of drug-likeness (QED) is 0.623. The van der Waals surface area contributed by atoms with Gasteiger partial charge < -0.3 is 10.1 Å². The Balaban J connectivity index is 1.76. The second-order valence-electron chi connectivity index (χ2n) is 5.90. The van der Waals surface area contributed by atoms with Crippen molar-refractivity contribution in [2.75, 3.05) is 24.4 Å². The Morgan fingerprint density at radius 1 is 1.07 bits per heavy atom. The fraction of sp³-hybridized carbons (Fsp3) is 0.176. The number of fused-ring (bicyclic) bond motifs is 1. The number of benzene rings is 2. The Labute approximate surface area is 166 Å². The van der Waals surface area contributed by atoms with Crippen molar-refractivity contribution >= 4 is 52.3 Å². The maximum Gasteiger partial charge on any atom is 0.241 e. The molecule has 2 aromatic carbocycles. The van der Waals surface area contributed by atoms with E-state index >= 15 is 0 Å². The summed E-state index contributed by atoms with van der Waals surface area (Å²) < 4.78 is 53.6. The van der Waals surface area contributed by atoms with Crippen LogP contribution in [-0.2, 0) is 24.5 Å². The van der Waals surface area contributed by atoms with Crippen LogP contribution in [0.4, 0.5) is 5.13 Å². The fourth-order valence-corrected chi connectivity index (χ4v) is 5.16. The summed E-state index contributed by atoms with van der Waals surface area (Å²) in [6.45, 7) is 0. The molecule has 0 fully saturated rings. The molecular weight excluding hydrogens is 424 g/mol. The van der Waals surface area contributed by atoms with Gasteiger partial charge in [-0.15, -0.1) is 0 Å². The van der Waals surface area contributed by atoms with Crippen molar-refractivity contribution in [2.24, 2.45) is 0 Å². The van der Waals surface area contributed by atoms with Gasteiger partial charge in [-0.1, -0.05) is 11.3 Å². The van der Waals surface area contributed by atoms with Crippen LogP contribution in [0.2, 0.25) is 0 Å². The molecular formula is C17H16N2O6S3. The zero-order valence-corrected chi connectivity index (χ0v) is 17.3. The van der Waals surface area contributed by atoms with E-state index in [-0.39, 0.29) is 14.9 Å². The molecule has 1 N–H and O–H groups in total. The summed E-state index contributed by atoms with van der Waals surface area (Å²) in [4.78, 5) is 16.5. The van der Waals surface area contributed by atoms with Crippen molar-refractivity contribution in [1.29, 1.82) is 0 Å². The van der Waals surface area contributed by atoms with Gasteiger partial charge in [-0.05, 0) is 42.5 Å². The highest BCUT2D eigenvalue weighted by Crippen LogP contribution is 2.28. The molecule has 0 bridgehead atoms. The van der Waals surface area contributed by atoms with Crippen LogP contribution in [-0.4, -0.2) is 46.8 Å². The number of nitrogens with zero attached hydrogens (tertiary/aromatic N) is 1. The van der Waals surface area contributed by atoms with Crippen molar-refractivity contribution in [2.45, 2.75) is 9.79 Å². The number of aromatic nitrogens is 1. The van der Waals surface area contributed by atoms with E-state index in [1.165, 1.54) is 49.6 Å². The summed E-state index contributed by atoms with van der Waals surface area (Å²) in [6.07, 6.45) is 1.10. The number of sulfone groups is 2. The van der Waals surface area contributed by atoms with Gasteiger partial charge in [0, 0.05) is 6.26 Å². The minimum absolute atomic E-state index is 0.00513. The van der Waals surface area contributed by atoms with Crippen LogP contribution in [0.5, 0.6) is 5.75 Å². The highest BCUT2D eigenvalue weighted by Gasteiger charge is 2.20. The van der Waals surface area contributed by atoms with Crippen LogP contribution in [0, 0.1) is 0 Å². The average molecular weight is 441 g/mol. The van der Waals surface area contributed by atoms with E-state index in [1.807, 2.05) is 0 Å². The fourth-order valence-electron chi connectivity index (χ4n) is 2.38. The number of carbonyl (C=O) groups is 1. The Hall–Kier alpha value is -2.50. The zero-order valence-electron chi connectivity index (χ0n) is 14.9. The third kappa shape index (κ3) is 4.49. The lowest BCUT2D eigenvalue weighted by Gasteiger charge is -2.05. The number of methoxy groups -OCH3 is 1. The minimum atomic E-state index is -3.83. The van der Waals surface area contributed by atoms with Crippen LogP contribution in [0.15, 0.2) is 52.3 Å². The lowest BCUT2D eigenvalue weighted by molar-refractivity contribution is -0.113. The standard InChI is InChI=1S/C17H16N2O6S3/c1-25-11-3-5-12(6-4-11)28(23,24)10-16(20)19-17-18-14-8-7-13(27(2,21)22)9-15(14)26-17/h3-9H,10H2,1-2H3,(H,18,19,20). The zero-order chi connectivity index (χ0) is 20.5. The maximum absolute atomic E-state index is 12.4. The molecule has 28 heavy (non-hydrogen) atoms. The molecule has 0 spiro atoms. The van der Waals surface area contributed by atoms with Gasteiger partial charge in [0.15, 0.2) is 24.8 Å². The normalized spacial score (nSPS) is 12.1. The molecule has 0 saturated carbocycles. The molecule has 0 aliphatic heterocycles. The van der Waals surface area contributed by atoms with Gasteiger partial charge in [0.05, 0.1) is 27.1 Å². The molecule has 1 aromatic heterocycles. The lowest BCUT2D eigenvalue weighted by atomic mass is 10.3. The molecule has 3 aromatic rings. The monoisotopic (exact) mass is 440 g/mol. The van der Waals surface area contributed by atoms with Crippen molar-refractivity contribution in [3.63, 3.8) is 0 Å². The van der Waals surface area contributed by atoms with E-state index in [0.717, 1.165) is 17.6 Å². The van der Waals surface area contributed by atoms with Crippen molar-refractivity contribution in [3.05, 3.63) is 42.5 Å². The van der Waals surface area contributed by atoms with Crippen LogP contribution < -0.4 is 10.1 Å². The lowest BCUT2D eigenvalue weighted by Crippen LogP contribution is -2.22. The number of nitrogens with one attached hydrogen (secondary N) is 1. The van der Waals surface area contributed by atoms with Gasteiger partial charge in [-0.3, -0.25) is 4.79 Å². The molecule has 0 unspecified atom stereocenters.